The van der Waals surface area contributed by atoms with Crippen LogP contribution in [0.2, 0.25) is 0 Å². The zero-order valence-corrected chi connectivity index (χ0v) is 15.2. The Balaban J connectivity index is 1.91. The Bertz CT molecular complexity index is 827. The molecule has 140 valence electrons. The first-order valence-electron chi connectivity index (χ1n) is 8.77. The van der Waals surface area contributed by atoms with E-state index < -0.39 is 0 Å². The molecule has 0 saturated carbocycles. The number of rotatable bonds is 5. The molecule has 1 heterocycles. The van der Waals surface area contributed by atoms with Crippen LogP contribution in [0.5, 0.6) is 5.75 Å². The first-order chi connectivity index (χ1) is 13.2. The van der Waals surface area contributed by atoms with Gasteiger partial charge in [0.05, 0.1) is 20.3 Å². The van der Waals surface area contributed by atoms with Gasteiger partial charge in [-0.3, -0.25) is 9.59 Å². The maximum absolute atomic E-state index is 13.0. The van der Waals surface area contributed by atoms with Gasteiger partial charge < -0.3 is 19.7 Å². The van der Waals surface area contributed by atoms with Crippen molar-refractivity contribution in [1.29, 1.82) is 0 Å². The summed E-state index contributed by atoms with van der Waals surface area (Å²) in [4.78, 5) is 27.3. The normalized spacial score (nSPS) is 14.6. The molecule has 3 rings (SSSR count). The number of benzene rings is 2. The highest BCUT2D eigenvalue weighted by Crippen LogP contribution is 2.21. The molecule has 2 amide bonds. The summed E-state index contributed by atoms with van der Waals surface area (Å²) in [5, 5.41) is 2.76. The van der Waals surface area contributed by atoms with E-state index in [1.165, 1.54) is 0 Å². The van der Waals surface area contributed by atoms with Gasteiger partial charge in [0.15, 0.2) is 0 Å². The molecule has 6 heteroatoms. The summed E-state index contributed by atoms with van der Waals surface area (Å²) in [6, 6.07) is 16.1. The van der Waals surface area contributed by atoms with E-state index in [9.17, 15) is 9.59 Å². The minimum Gasteiger partial charge on any atom is -0.496 e. The number of amides is 2. The minimum absolute atomic E-state index is 0.204. The van der Waals surface area contributed by atoms with E-state index in [-0.39, 0.29) is 17.5 Å². The number of nitrogens with one attached hydrogen (secondary N) is 1. The zero-order valence-electron chi connectivity index (χ0n) is 15.2. The van der Waals surface area contributed by atoms with E-state index in [2.05, 4.69) is 5.32 Å². The van der Waals surface area contributed by atoms with Crippen molar-refractivity contribution in [1.82, 2.24) is 10.2 Å². The third-order valence-electron chi connectivity index (χ3n) is 4.25. The fraction of sp³-hybridized carbons (Fsp3) is 0.238. The number of hydrogen-bond donors (Lipinski definition) is 1. The Morgan fingerprint density at radius 2 is 1.70 bits per heavy atom. The summed E-state index contributed by atoms with van der Waals surface area (Å²) in [6.07, 6.45) is 1.65. The third-order valence-corrected chi connectivity index (χ3v) is 4.25. The lowest BCUT2D eigenvalue weighted by Gasteiger charge is -2.28. The van der Waals surface area contributed by atoms with Crippen LogP contribution in [0.25, 0.3) is 6.08 Å². The highest BCUT2D eigenvalue weighted by Gasteiger charge is 2.23. The molecule has 0 spiro atoms. The van der Waals surface area contributed by atoms with Crippen LogP contribution in [0.3, 0.4) is 0 Å². The SMILES string of the molecule is COc1ccccc1/C=C(\NC(=O)c1ccccc1)C(=O)N1CCOCC1. The van der Waals surface area contributed by atoms with Crippen molar-refractivity contribution < 1.29 is 19.1 Å². The van der Waals surface area contributed by atoms with Crippen LogP contribution < -0.4 is 10.1 Å². The van der Waals surface area contributed by atoms with E-state index in [0.717, 1.165) is 0 Å². The quantitative estimate of drug-likeness (QED) is 0.825. The van der Waals surface area contributed by atoms with Crippen molar-refractivity contribution in [2.75, 3.05) is 33.4 Å². The third kappa shape index (κ3) is 4.74. The van der Waals surface area contributed by atoms with E-state index >= 15 is 0 Å². The van der Waals surface area contributed by atoms with Crippen molar-refractivity contribution in [2.24, 2.45) is 0 Å². The van der Waals surface area contributed by atoms with Crippen LogP contribution in [-0.2, 0) is 9.53 Å². The first-order valence-corrected chi connectivity index (χ1v) is 8.77. The standard InChI is InChI=1S/C21H22N2O4/c1-26-19-10-6-5-9-17(19)15-18(21(25)23-11-13-27-14-12-23)22-20(24)16-7-3-2-4-8-16/h2-10,15H,11-14H2,1H3,(H,22,24)/b18-15-. The smallest absolute Gasteiger partial charge is 0.270 e. The van der Waals surface area contributed by atoms with Crippen molar-refractivity contribution in [2.45, 2.75) is 0 Å². The van der Waals surface area contributed by atoms with Gasteiger partial charge in [-0.15, -0.1) is 0 Å². The highest BCUT2D eigenvalue weighted by molar-refractivity contribution is 6.05. The van der Waals surface area contributed by atoms with Gasteiger partial charge in [0.25, 0.3) is 11.8 Å². The summed E-state index contributed by atoms with van der Waals surface area (Å²) < 4.78 is 10.7. The van der Waals surface area contributed by atoms with E-state index in [0.29, 0.717) is 43.2 Å². The van der Waals surface area contributed by atoms with Crippen LogP contribution in [0.1, 0.15) is 15.9 Å². The Kier molecular flexibility index (Phi) is 6.22. The molecule has 1 saturated heterocycles. The first kappa shape index (κ1) is 18.7. The molecular weight excluding hydrogens is 344 g/mol. The molecule has 1 N–H and O–H groups in total. The molecule has 0 unspecified atom stereocenters. The molecule has 0 atom stereocenters. The Labute approximate surface area is 158 Å². The number of methoxy groups -OCH3 is 1. The fourth-order valence-electron chi connectivity index (χ4n) is 2.81. The number of hydrogen-bond acceptors (Lipinski definition) is 4. The highest BCUT2D eigenvalue weighted by atomic mass is 16.5. The summed E-state index contributed by atoms with van der Waals surface area (Å²) in [5.74, 6) is 0.0468. The summed E-state index contributed by atoms with van der Waals surface area (Å²) in [5.41, 5.74) is 1.40. The molecule has 0 aromatic heterocycles. The zero-order chi connectivity index (χ0) is 19.1. The van der Waals surface area contributed by atoms with Gasteiger partial charge in [-0.05, 0) is 24.3 Å². The monoisotopic (exact) mass is 366 g/mol. The second kappa shape index (κ2) is 9.00. The van der Waals surface area contributed by atoms with Gasteiger partial charge in [0.2, 0.25) is 0 Å². The van der Waals surface area contributed by atoms with Crippen molar-refractivity contribution in [3.05, 3.63) is 71.4 Å². The van der Waals surface area contributed by atoms with Crippen molar-refractivity contribution >= 4 is 17.9 Å². The van der Waals surface area contributed by atoms with Crippen LogP contribution >= 0.6 is 0 Å². The average Bonchev–Trinajstić information content (AvgIpc) is 2.74. The van der Waals surface area contributed by atoms with Gasteiger partial charge in [-0.25, -0.2) is 0 Å². The molecule has 1 aliphatic rings. The summed E-state index contributed by atoms with van der Waals surface area (Å²) in [7, 11) is 1.57. The number of nitrogens with zero attached hydrogens (tertiary/aromatic N) is 1. The predicted molar refractivity (Wildman–Crippen MR) is 102 cm³/mol. The second-order valence-corrected chi connectivity index (χ2v) is 6.02. The maximum atomic E-state index is 13.0. The lowest BCUT2D eigenvalue weighted by atomic mass is 10.1. The molecule has 27 heavy (non-hydrogen) atoms. The number of carbonyl (C=O) groups excluding carboxylic acids is 2. The molecule has 1 aliphatic heterocycles. The van der Waals surface area contributed by atoms with Crippen molar-refractivity contribution in [3.8, 4) is 5.75 Å². The van der Waals surface area contributed by atoms with Crippen LogP contribution in [-0.4, -0.2) is 50.1 Å². The van der Waals surface area contributed by atoms with Gasteiger partial charge >= 0.3 is 0 Å². The van der Waals surface area contributed by atoms with Gasteiger partial charge in [-0.2, -0.15) is 0 Å². The van der Waals surface area contributed by atoms with Gasteiger partial charge in [0, 0.05) is 24.2 Å². The topological polar surface area (TPSA) is 67.9 Å². The Morgan fingerprint density at radius 1 is 1.04 bits per heavy atom. The Hall–Kier alpha value is -3.12. The lowest BCUT2D eigenvalue weighted by molar-refractivity contribution is -0.131. The van der Waals surface area contributed by atoms with Crippen LogP contribution in [0.4, 0.5) is 0 Å². The predicted octanol–water partition coefficient (Wildman–Crippen LogP) is 2.32. The second-order valence-electron chi connectivity index (χ2n) is 6.02. The summed E-state index contributed by atoms with van der Waals surface area (Å²) in [6.45, 7) is 1.95. The number of morpholine rings is 1. The molecule has 0 aliphatic carbocycles. The molecule has 1 fully saturated rings. The number of para-hydroxylation sites is 1. The molecule has 0 bridgehead atoms. The van der Waals surface area contributed by atoms with Crippen molar-refractivity contribution in [3.63, 3.8) is 0 Å². The Morgan fingerprint density at radius 3 is 2.41 bits per heavy atom. The van der Waals surface area contributed by atoms with Crippen LogP contribution in [0, 0.1) is 0 Å². The van der Waals surface area contributed by atoms with E-state index in [4.69, 9.17) is 9.47 Å². The fourth-order valence-corrected chi connectivity index (χ4v) is 2.81. The summed E-state index contributed by atoms with van der Waals surface area (Å²) >= 11 is 0. The maximum Gasteiger partial charge on any atom is 0.270 e. The van der Waals surface area contributed by atoms with Gasteiger partial charge in [0.1, 0.15) is 11.4 Å². The largest absolute Gasteiger partial charge is 0.496 e. The number of carbonyl (C=O) groups is 2. The van der Waals surface area contributed by atoms with E-state index in [1.807, 2.05) is 30.3 Å². The molecule has 6 nitrogen and oxygen atoms in total. The minimum atomic E-state index is -0.335. The molecule has 2 aromatic rings. The van der Waals surface area contributed by atoms with Gasteiger partial charge in [-0.1, -0.05) is 36.4 Å². The average molecular weight is 366 g/mol. The van der Waals surface area contributed by atoms with E-state index in [1.54, 1.807) is 42.4 Å². The number of ether oxygens (including phenoxy) is 2. The van der Waals surface area contributed by atoms with Crippen LogP contribution in [0.15, 0.2) is 60.3 Å². The molecule has 2 aromatic carbocycles. The molecular formula is C21H22N2O4. The lowest BCUT2D eigenvalue weighted by Crippen LogP contribution is -2.44. The molecule has 0 radical (unpaired) electrons.